The van der Waals surface area contributed by atoms with Crippen LogP contribution in [0.3, 0.4) is 0 Å². The molecular weight excluding hydrogens is 292 g/mol. The number of anilines is 2. The van der Waals surface area contributed by atoms with Gasteiger partial charge in [0.1, 0.15) is 5.82 Å². The van der Waals surface area contributed by atoms with Crippen LogP contribution in [0.15, 0.2) is 0 Å². The van der Waals surface area contributed by atoms with E-state index in [4.69, 9.17) is 0 Å². The average Bonchev–Trinajstić information content (AvgIpc) is 2.96. The summed E-state index contributed by atoms with van der Waals surface area (Å²) in [5.41, 5.74) is 2.32. The summed E-state index contributed by atoms with van der Waals surface area (Å²) in [4.78, 5) is 24.8. The summed E-state index contributed by atoms with van der Waals surface area (Å²) in [6.07, 6.45) is 3.62. The van der Waals surface area contributed by atoms with Crippen LogP contribution < -0.4 is 15.5 Å². The highest BCUT2D eigenvalue weighted by atomic mass is 16.2. The van der Waals surface area contributed by atoms with Crippen molar-refractivity contribution in [1.82, 2.24) is 20.2 Å². The molecule has 3 heterocycles. The number of amides is 1. The van der Waals surface area contributed by atoms with Crippen LogP contribution in [0.5, 0.6) is 0 Å². The Kier molecular flexibility index (Phi) is 4.95. The first-order valence-electron chi connectivity index (χ1n) is 8.44. The molecular formula is C16H26N6O. The summed E-state index contributed by atoms with van der Waals surface area (Å²) in [7, 11) is 3.92. The molecule has 3 rings (SSSR count). The summed E-state index contributed by atoms with van der Waals surface area (Å²) in [5.74, 6) is 1.99. The summed E-state index contributed by atoms with van der Waals surface area (Å²) < 4.78 is 0. The van der Waals surface area contributed by atoms with E-state index in [-0.39, 0.29) is 0 Å². The lowest BCUT2D eigenvalue weighted by Gasteiger charge is -2.22. The van der Waals surface area contributed by atoms with Gasteiger partial charge in [-0.2, -0.15) is 4.98 Å². The van der Waals surface area contributed by atoms with Gasteiger partial charge in [0, 0.05) is 52.3 Å². The number of aromatic nitrogens is 2. The van der Waals surface area contributed by atoms with Crippen LogP contribution >= 0.6 is 0 Å². The quantitative estimate of drug-likeness (QED) is 0.749. The highest BCUT2D eigenvalue weighted by Gasteiger charge is 2.20. The van der Waals surface area contributed by atoms with Crippen molar-refractivity contribution in [3.63, 3.8) is 0 Å². The summed E-state index contributed by atoms with van der Waals surface area (Å²) in [6.45, 7) is 4.34. The van der Waals surface area contributed by atoms with E-state index in [1.54, 1.807) is 0 Å². The molecule has 0 spiro atoms. The van der Waals surface area contributed by atoms with Crippen LogP contribution in [0.1, 0.15) is 30.5 Å². The van der Waals surface area contributed by atoms with Crippen LogP contribution in [0.4, 0.5) is 11.8 Å². The maximum Gasteiger partial charge on any atom is 0.227 e. The second kappa shape index (κ2) is 7.12. The Morgan fingerprint density at radius 3 is 2.91 bits per heavy atom. The van der Waals surface area contributed by atoms with Gasteiger partial charge in [0.2, 0.25) is 11.9 Å². The maximum absolute atomic E-state index is 11.6. The number of hydrogen-bond donors (Lipinski definition) is 2. The standard InChI is InChI=1S/C16H26N6O/c1-21(2)16-19-13-11-17-8-6-12(13)15(20-16)18-7-4-10-22-9-3-5-14(22)23/h17H,3-11H2,1-2H3,(H,18,19,20). The largest absolute Gasteiger partial charge is 0.370 e. The molecule has 1 aromatic rings. The van der Waals surface area contributed by atoms with Gasteiger partial charge in [0.15, 0.2) is 0 Å². The van der Waals surface area contributed by atoms with Gasteiger partial charge >= 0.3 is 0 Å². The number of rotatable bonds is 6. The highest BCUT2D eigenvalue weighted by molar-refractivity contribution is 5.78. The summed E-state index contributed by atoms with van der Waals surface area (Å²) in [5, 5.41) is 6.83. The lowest BCUT2D eigenvalue weighted by atomic mass is 10.1. The fourth-order valence-electron chi connectivity index (χ4n) is 3.11. The number of carbonyl (C=O) groups excluding carboxylic acids is 1. The van der Waals surface area contributed by atoms with Gasteiger partial charge in [-0.05, 0) is 25.8 Å². The Balaban J connectivity index is 1.62. The molecule has 1 saturated heterocycles. The van der Waals surface area contributed by atoms with Crippen molar-refractivity contribution >= 4 is 17.7 Å². The van der Waals surface area contributed by atoms with Crippen molar-refractivity contribution in [2.75, 3.05) is 50.5 Å². The minimum absolute atomic E-state index is 0.297. The molecule has 1 fully saturated rings. The number of likely N-dealkylation sites (tertiary alicyclic amines) is 1. The molecule has 0 saturated carbocycles. The van der Waals surface area contributed by atoms with Gasteiger partial charge in [-0.25, -0.2) is 4.98 Å². The second-order valence-corrected chi connectivity index (χ2v) is 6.38. The molecule has 2 aliphatic rings. The number of nitrogens with zero attached hydrogens (tertiary/aromatic N) is 4. The third-order valence-corrected chi connectivity index (χ3v) is 4.39. The first-order chi connectivity index (χ1) is 11.1. The van der Waals surface area contributed by atoms with Crippen LogP contribution in [0.2, 0.25) is 0 Å². The highest BCUT2D eigenvalue weighted by Crippen LogP contribution is 2.22. The Morgan fingerprint density at radius 2 is 2.17 bits per heavy atom. The zero-order valence-corrected chi connectivity index (χ0v) is 14.1. The maximum atomic E-state index is 11.6. The van der Waals surface area contributed by atoms with E-state index in [2.05, 4.69) is 20.6 Å². The van der Waals surface area contributed by atoms with E-state index in [1.807, 2.05) is 23.9 Å². The van der Waals surface area contributed by atoms with Crippen molar-refractivity contribution in [3.8, 4) is 0 Å². The first-order valence-corrected chi connectivity index (χ1v) is 8.44. The lowest BCUT2D eigenvalue weighted by molar-refractivity contribution is -0.127. The van der Waals surface area contributed by atoms with Crippen LogP contribution in [0.25, 0.3) is 0 Å². The van der Waals surface area contributed by atoms with Crippen molar-refractivity contribution in [2.45, 2.75) is 32.2 Å². The molecule has 0 unspecified atom stereocenters. The van der Waals surface area contributed by atoms with Gasteiger partial charge in [-0.1, -0.05) is 0 Å². The molecule has 1 amide bonds. The Morgan fingerprint density at radius 1 is 1.30 bits per heavy atom. The molecule has 7 nitrogen and oxygen atoms in total. The third kappa shape index (κ3) is 3.72. The van der Waals surface area contributed by atoms with Crippen molar-refractivity contribution in [3.05, 3.63) is 11.3 Å². The number of hydrogen-bond acceptors (Lipinski definition) is 6. The molecule has 0 aliphatic carbocycles. The molecule has 7 heteroatoms. The second-order valence-electron chi connectivity index (χ2n) is 6.38. The van der Waals surface area contributed by atoms with Gasteiger partial charge in [-0.3, -0.25) is 4.79 Å². The van der Waals surface area contributed by atoms with Gasteiger partial charge in [-0.15, -0.1) is 0 Å². The normalized spacial score (nSPS) is 17.3. The number of nitrogens with one attached hydrogen (secondary N) is 2. The topological polar surface area (TPSA) is 73.4 Å². The fourth-order valence-corrected chi connectivity index (χ4v) is 3.11. The molecule has 2 N–H and O–H groups in total. The summed E-state index contributed by atoms with van der Waals surface area (Å²) >= 11 is 0. The molecule has 0 bridgehead atoms. The van der Waals surface area contributed by atoms with Crippen LogP contribution in [-0.4, -0.2) is 61.0 Å². The first kappa shape index (κ1) is 16.0. The SMILES string of the molecule is CN(C)c1nc2c(c(NCCCN3CCCC3=O)n1)CCNC2. The van der Waals surface area contributed by atoms with E-state index in [0.29, 0.717) is 12.3 Å². The number of carbonyl (C=O) groups is 1. The van der Waals surface area contributed by atoms with E-state index in [9.17, 15) is 4.79 Å². The Labute approximate surface area is 137 Å². The van der Waals surface area contributed by atoms with E-state index in [0.717, 1.165) is 69.4 Å². The molecule has 2 aliphatic heterocycles. The van der Waals surface area contributed by atoms with E-state index >= 15 is 0 Å². The predicted octanol–water partition coefficient (Wildman–Crippen LogP) is 0.613. The van der Waals surface area contributed by atoms with Crippen LogP contribution in [-0.2, 0) is 17.8 Å². The Bertz CT molecular complexity index is 574. The van der Waals surface area contributed by atoms with Crippen molar-refractivity contribution in [2.24, 2.45) is 0 Å². The molecule has 0 atom stereocenters. The molecule has 1 aromatic heterocycles. The molecule has 23 heavy (non-hydrogen) atoms. The minimum Gasteiger partial charge on any atom is -0.370 e. The monoisotopic (exact) mass is 318 g/mol. The molecule has 0 aromatic carbocycles. The van der Waals surface area contributed by atoms with Crippen LogP contribution in [0, 0.1) is 0 Å². The number of fused-ring (bicyclic) bond motifs is 1. The lowest BCUT2D eigenvalue weighted by Crippen LogP contribution is -2.29. The Hall–Kier alpha value is -1.89. The average molecular weight is 318 g/mol. The minimum atomic E-state index is 0.297. The van der Waals surface area contributed by atoms with Crippen molar-refractivity contribution in [1.29, 1.82) is 0 Å². The third-order valence-electron chi connectivity index (χ3n) is 4.39. The predicted molar refractivity (Wildman–Crippen MR) is 90.7 cm³/mol. The zero-order chi connectivity index (χ0) is 16.2. The summed E-state index contributed by atoms with van der Waals surface area (Å²) in [6, 6.07) is 0. The smallest absolute Gasteiger partial charge is 0.227 e. The fraction of sp³-hybridized carbons (Fsp3) is 0.688. The van der Waals surface area contributed by atoms with Gasteiger partial charge < -0.3 is 20.4 Å². The van der Waals surface area contributed by atoms with Gasteiger partial charge in [0.05, 0.1) is 5.69 Å². The van der Waals surface area contributed by atoms with Gasteiger partial charge in [0.25, 0.3) is 0 Å². The van der Waals surface area contributed by atoms with E-state index in [1.165, 1.54) is 5.56 Å². The molecule has 0 radical (unpaired) electrons. The molecule has 126 valence electrons. The van der Waals surface area contributed by atoms with E-state index < -0.39 is 0 Å². The zero-order valence-electron chi connectivity index (χ0n) is 14.1. The van der Waals surface area contributed by atoms with Crippen molar-refractivity contribution < 1.29 is 4.79 Å².